The molecule has 1 amide bonds. The Kier molecular flexibility index (Phi) is 4.56. The lowest BCUT2D eigenvalue weighted by atomic mass is 9.85. The highest BCUT2D eigenvalue weighted by Gasteiger charge is 2.43. The fraction of sp³-hybridized carbons (Fsp3) is 0.208. The molecule has 2 atom stereocenters. The summed E-state index contributed by atoms with van der Waals surface area (Å²) in [6, 6.07) is 22.7. The maximum absolute atomic E-state index is 13.1. The molecule has 150 valence electrons. The lowest BCUT2D eigenvalue weighted by Gasteiger charge is -2.33. The van der Waals surface area contributed by atoms with Crippen molar-refractivity contribution in [2.45, 2.75) is 24.9 Å². The van der Waals surface area contributed by atoms with Gasteiger partial charge in [0.25, 0.3) is 5.69 Å². The van der Waals surface area contributed by atoms with E-state index in [9.17, 15) is 14.9 Å². The summed E-state index contributed by atoms with van der Waals surface area (Å²) in [6.45, 7) is 1.51. The van der Waals surface area contributed by atoms with Crippen LogP contribution in [0.5, 0.6) is 0 Å². The monoisotopic (exact) mass is 399 g/mol. The van der Waals surface area contributed by atoms with Crippen LogP contribution in [0.1, 0.15) is 34.2 Å². The van der Waals surface area contributed by atoms with Crippen molar-refractivity contribution < 1.29 is 9.72 Å². The number of nitrogens with one attached hydrogen (secondary N) is 1. The van der Waals surface area contributed by atoms with Crippen LogP contribution in [0, 0.1) is 10.1 Å². The Balaban J connectivity index is 1.62. The number of carbonyl (C=O) groups is 1. The summed E-state index contributed by atoms with van der Waals surface area (Å²) in [5.41, 5.74) is 5.30. The summed E-state index contributed by atoms with van der Waals surface area (Å²) < 4.78 is 0. The molecule has 2 heterocycles. The molecule has 0 aliphatic carbocycles. The highest BCUT2D eigenvalue weighted by molar-refractivity contribution is 6.04. The molecule has 3 aromatic rings. The van der Waals surface area contributed by atoms with Crippen LogP contribution in [0.2, 0.25) is 0 Å². The van der Waals surface area contributed by atoms with E-state index in [1.807, 2.05) is 30.3 Å². The van der Waals surface area contributed by atoms with E-state index in [-0.39, 0.29) is 23.6 Å². The first-order valence-electron chi connectivity index (χ1n) is 10.1. The molecule has 2 aliphatic heterocycles. The standard InChI is InChI=1S/C24H21N3O3/c28-24-22-21-17(7-4-8-20(21)25-24)13-14-26(15-16-5-2-1-3-6-16)23(22)18-9-11-19(12-10-18)27(29)30/h1-12,22-23H,13-15H2,(H,25,28)/t22-,23-/m1/s1. The predicted molar refractivity (Wildman–Crippen MR) is 114 cm³/mol. The molecule has 3 aromatic carbocycles. The number of hydrogen-bond donors (Lipinski definition) is 1. The Morgan fingerprint density at radius 3 is 2.50 bits per heavy atom. The summed E-state index contributed by atoms with van der Waals surface area (Å²) in [6.07, 6.45) is 0.852. The fourth-order valence-electron chi connectivity index (χ4n) is 4.76. The zero-order valence-corrected chi connectivity index (χ0v) is 16.3. The van der Waals surface area contributed by atoms with Crippen molar-refractivity contribution in [2.24, 2.45) is 0 Å². The molecule has 5 rings (SSSR count). The van der Waals surface area contributed by atoms with Crippen LogP contribution in [0.25, 0.3) is 0 Å². The van der Waals surface area contributed by atoms with Crippen molar-refractivity contribution in [3.63, 3.8) is 0 Å². The maximum Gasteiger partial charge on any atom is 0.269 e. The average molecular weight is 399 g/mol. The molecule has 2 aliphatic rings. The second-order valence-corrected chi connectivity index (χ2v) is 7.84. The molecule has 0 saturated carbocycles. The minimum absolute atomic E-state index is 0.0132. The first-order chi connectivity index (χ1) is 14.6. The highest BCUT2D eigenvalue weighted by Crippen LogP contribution is 2.47. The maximum atomic E-state index is 13.1. The van der Waals surface area contributed by atoms with Crippen LogP contribution in [-0.2, 0) is 17.8 Å². The molecule has 0 spiro atoms. The number of carbonyl (C=O) groups excluding carboxylic acids is 1. The number of benzene rings is 3. The van der Waals surface area contributed by atoms with Gasteiger partial charge in [-0.1, -0.05) is 54.6 Å². The third-order valence-electron chi connectivity index (χ3n) is 6.10. The SMILES string of the molecule is O=C1Nc2cccc3c2[C@@H]1[C@@H](c1ccc([N+](=O)[O-])cc1)N(Cc1ccccc1)CC3. The van der Waals surface area contributed by atoms with Crippen LogP contribution in [-0.4, -0.2) is 22.3 Å². The Hall–Kier alpha value is -3.51. The average Bonchev–Trinajstić information content (AvgIpc) is 2.99. The summed E-state index contributed by atoms with van der Waals surface area (Å²) in [7, 11) is 0. The molecule has 6 nitrogen and oxygen atoms in total. The molecule has 0 bridgehead atoms. The minimum atomic E-state index is -0.395. The Morgan fingerprint density at radius 2 is 1.77 bits per heavy atom. The van der Waals surface area contributed by atoms with Gasteiger partial charge in [0.15, 0.2) is 0 Å². The zero-order valence-electron chi connectivity index (χ0n) is 16.3. The number of rotatable bonds is 4. The molecule has 1 N–H and O–H groups in total. The van der Waals surface area contributed by atoms with Gasteiger partial charge in [-0.15, -0.1) is 0 Å². The van der Waals surface area contributed by atoms with Crippen molar-refractivity contribution in [2.75, 3.05) is 11.9 Å². The van der Waals surface area contributed by atoms with E-state index >= 15 is 0 Å². The van der Waals surface area contributed by atoms with Gasteiger partial charge in [0.2, 0.25) is 5.91 Å². The summed E-state index contributed by atoms with van der Waals surface area (Å²) in [5.74, 6) is -0.357. The number of anilines is 1. The van der Waals surface area contributed by atoms with Gasteiger partial charge in [-0.3, -0.25) is 19.8 Å². The fourth-order valence-corrected chi connectivity index (χ4v) is 4.76. The van der Waals surface area contributed by atoms with Gasteiger partial charge in [0, 0.05) is 30.9 Å². The van der Waals surface area contributed by atoms with Gasteiger partial charge in [-0.2, -0.15) is 0 Å². The Morgan fingerprint density at radius 1 is 1.00 bits per heavy atom. The second-order valence-electron chi connectivity index (χ2n) is 7.84. The molecule has 6 heteroatoms. The van der Waals surface area contributed by atoms with Gasteiger partial charge in [-0.25, -0.2) is 0 Å². The molecule has 0 fully saturated rings. The number of hydrogen-bond acceptors (Lipinski definition) is 4. The van der Waals surface area contributed by atoms with Crippen molar-refractivity contribution >= 4 is 17.3 Å². The molecule has 30 heavy (non-hydrogen) atoms. The van der Waals surface area contributed by atoms with Crippen LogP contribution in [0.4, 0.5) is 11.4 Å². The summed E-state index contributed by atoms with van der Waals surface area (Å²) >= 11 is 0. The number of non-ortho nitro benzene ring substituents is 1. The molecule has 0 aromatic heterocycles. The summed E-state index contributed by atoms with van der Waals surface area (Å²) in [4.78, 5) is 26.2. The number of nitro groups is 1. The van der Waals surface area contributed by atoms with Gasteiger partial charge >= 0.3 is 0 Å². The quantitative estimate of drug-likeness (QED) is 0.520. The predicted octanol–water partition coefficient (Wildman–Crippen LogP) is 4.43. The second kappa shape index (κ2) is 7.39. The number of nitrogens with zero attached hydrogens (tertiary/aromatic N) is 2. The first kappa shape index (κ1) is 18.5. The molecule has 0 unspecified atom stereocenters. The van der Waals surface area contributed by atoms with E-state index in [1.54, 1.807) is 12.1 Å². The van der Waals surface area contributed by atoms with E-state index in [4.69, 9.17) is 0 Å². The third kappa shape index (κ3) is 3.15. The lowest BCUT2D eigenvalue weighted by Crippen LogP contribution is -2.34. The Labute approximate surface area is 174 Å². The minimum Gasteiger partial charge on any atom is -0.325 e. The summed E-state index contributed by atoms with van der Waals surface area (Å²) in [5, 5.41) is 14.2. The van der Waals surface area contributed by atoms with Crippen LogP contribution in [0.15, 0.2) is 72.8 Å². The normalized spacial score (nSPS) is 20.3. The third-order valence-corrected chi connectivity index (χ3v) is 6.10. The van der Waals surface area contributed by atoms with Crippen molar-refractivity contribution in [3.05, 3.63) is 105 Å². The molecule has 0 radical (unpaired) electrons. The molecular weight excluding hydrogens is 378 g/mol. The van der Waals surface area contributed by atoms with Gasteiger partial charge < -0.3 is 5.32 Å². The highest BCUT2D eigenvalue weighted by atomic mass is 16.6. The smallest absolute Gasteiger partial charge is 0.269 e. The van der Waals surface area contributed by atoms with E-state index < -0.39 is 4.92 Å². The van der Waals surface area contributed by atoms with E-state index in [0.29, 0.717) is 6.54 Å². The van der Waals surface area contributed by atoms with Crippen LogP contribution < -0.4 is 5.32 Å². The van der Waals surface area contributed by atoms with Gasteiger partial charge in [0.1, 0.15) is 0 Å². The van der Waals surface area contributed by atoms with Gasteiger partial charge in [-0.05, 0) is 34.7 Å². The topological polar surface area (TPSA) is 75.5 Å². The van der Waals surface area contributed by atoms with E-state index in [2.05, 4.69) is 28.4 Å². The molecule has 0 saturated heterocycles. The Bertz CT molecular complexity index is 1110. The van der Waals surface area contributed by atoms with Crippen LogP contribution in [0.3, 0.4) is 0 Å². The van der Waals surface area contributed by atoms with Crippen molar-refractivity contribution in [1.82, 2.24) is 4.90 Å². The largest absolute Gasteiger partial charge is 0.325 e. The van der Waals surface area contributed by atoms with Gasteiger partial charge in [0.05, 0.1) is 16.9 Å². The van der Waals surface area contributed by atoms with Crippen molar-refractivity contribution in [1.29, 1.82) is 0 Å². The van der Waals surface area contributed by atoms with E-state index in [1.165, 1.54) is 23.3 Å². The number of nitro benzene ring substituents is 1. The lowest BCUT2D eigenvalue weighted by molar-refractivity contribution is -0.384. The molecular formula is C24H21N3O3. The van der Waals surface area contributed by atoms with Crippen LogP contribution >= 0.6 is 0 Å². The number of amides is 1. The zero-order chi connectivity index (χ0) is 20.7. The first-order valence-corrected chi connectivity index (χ1v) is 10.1. The van der Waals surface area contributed by atoms with Crippen molar-refractivity contribution in [3.8, 4) is 0 Å². The van der Waals surface area contributed by atoms with E-state index in [0.717, 1.165) is 29.8 Å².